The number of nitriles is 3. The van der Waals surface area contributed by atoms with Crippen molar-refractivity contribution < 1.29 is 9.53 Å². The summed E-state index contributed by atoms with van der Waals surface area (Å²) in [5.74, 6) is -1.12. The van der Waals surface area contributed by atoms with E-state index in [1.807, 2.05) is 18.2 Å². The molecule has 2 aliphatic carbocycles. The molecule has 104 valence electrons. The molecule has 0 aromatic heterocycles. The highest BCUT2D eigenvalue weighted by Crippen LogP contribution is 2.73. The van der Waals surface area contributed by atoms with Gasteiger partial charge in [-0.25, -0.2) is 0 Å². The Bertz CT molecular complexity index is 517. The predicted octanol–water partition coefficient (Wildman–Crippen LogP) is 2.30. The maximum absolute atomic E-state index is 12.2. The highest BCUT2D eigenvalue weighted by molar-refractivity contribution is 5.89. The van der Waals surface area contributed by atoms with Gasteiger partial charge in [0.1, 0.15) is 0 Å². The highest BCUT2D eigenvalue weighted by atomic mass is 16.5. The van der Waals surface area contributed by atoms with E-state index in [1.165, 1.54) is 0 Å². The number of carbonyl (C=O) groups excluding carboxylic acids is 1. The van der Waals surface area contributed by atoms with E-state index in [4.69, 9.17) is 4.74 Å². The average molecular weight is 271 g/mol. The van der Waals surface area contributed by atoms with Gasteiger partial charge in [0.25, 0.3) is 0 Å². The van der Waals surface area contributed by atoms with Gasteiger partial charge in [0.2, 0.25) is 0 Å². The van der Waals surface area contributed by atoms with E-state index >= 15 is 0 Å². The second kappa shape index (κ2) is 5.14. The molecule has 20 heavy (non-hydrogen) atoms. The lowest BCUT2D eigenvalue weighted by atomic mass is 9.82. The minimum Gasteiger partial charge on any atom is -0.465 e. The van der Waals surface area contributed by atoms with Crippen molar-refractivity contribution in [1.29, 1.82) is 15.8 Å². The molecule has 2 rings (SSSR count). The zero-order chi connectivity index (χ0) is 14.8. The topological polar surface area (TPSA) is 97.7 Å². The third kappa shape index (κ3) is 1.61. The fourth-order valence-corrected chi connectivity index (χ4v) is 3.75. The van der Waals surface area contributed by atoms with Crippen LogP contribution in [0, 0.1) is 56.7 Å². The van der Waals surface area contributed by atoms with E-state index < -0.39 is 22.7 Å². The molecule has 0 unspecified atom stereocenters. The number of hydrogen-bond acceptors (Lipinski definition) is 5. The summed E-state index contributed by atoms with van der Waals surface area (Å²) >= 11 is 0. The van der Waals surface area contributed by atoms with Crippen LogP contribution in [0.15, 0.2) is 0 Å². The van der Waals surface area contributed by atoms with Crippen molar-refractivity contribution in [2.45, 2.75) is 39.0 Å². The standard InChI is InChI=1S/C15H17N3O2/c1-2-20-13(19)15(10-18)12(14(15,8-16)9-17)11-6-4-3-5-7-11/h11-12H,2-7H2,1H3/t12-,15-/m0/s1. The van der Waals surface area contributed by atoms with Crippen molar-refractivity contribution in [2.75, 3.05) is 6.61 Å². The van der Waals surface area contributed by atoms with E-state index in [-0.39, 0.29) is 12.5 Å². The molecule has 0 saturated heterocycles. The third-order valence-electron chi connectivity index (χ3n) is 4.72. The van der Waals surface area contributed by atoms with Crippen LogP contribution in [0.2, 0.25) is 0 Å². The monoisotopic (exact) mass is 271 g/mol. The average Bonchev–Trinajstić information content (AvgIpc) is 3.12. The summed E-state index contributed by atoms with van der Waals surface area (Å²) in [4.78, 5) is 12.2. The lowest BCUT2D eigenvalue weighted by molar-refractivity contribution is -0.148. The summed E-state index contributed by atoms with van der Waals surface area (Å²) in [5.41, 5.74) is -3.12. The maximum atomic E-state index is 12.2. The molecule has 0 heterocycles. The van der Waals surface area contributed by atoms with Crippen LogP contribution >= 0.6 is 0 Å². The fourth-order valence-electron chi connectivity index (χ4n) is 3.75. The van der Waals surface area contributed by atoms with E-state index in [0.717, 1.165) is 32.1 Å². The van der Waals surface area contributed by atoms with Crippen molar-refractivity contribution >= 4 is 5.97 Å². The zero-order valence-corrected chi connectivity index (χ0v) is 11.6. The minimum atomic E-state index is -1.59. The molecule has 0 bridgehead atoms. The number of nitrogens with zero attached hydrogens (tertiary/aromatic N) is 3. The minimum absolute atomic E-state index is 0.0899. The molecule has 0 N–H and O–H groups in total. The summed E-state index contributed by atoms with van der Waals surface area (Å²) in [6, 6.07) is 5.85. The van der Waals surface area contributed by atoms with Gasteiger partial charge in [-0.1, -0.05) is 32.1 Å². The zero-order valence-electron chi connectivity index (χ0n) is 11.6. The third-order valence-corrected chi connectivity index (χ3v) is 4.72. The van der Waals surface area contributed by atoms with Gasteiger partial charge in [0, 0.05) is 5.92 Å². The maximum Gasteiger partial charge on any atom is 0.329 e. The largest absolute Gasteiger partial charge is 0.465 e. The molecular weight excluding hydrogens is 254 g/mol. The lowest BCUT2D eigenvalue weighted by Gasteiger charge is -2.22. The van der Waals surface area contributed by atoms with Crippen LogP contribution in [0.3, 0.4) is 0 Å². The van der Waals surface area contributed by atoms with Crippen molar-refractivity contribution in [1.82, 2.24) is 0 Å². The Morgan fingerprint density at radius 1 is 1.15 bits per heavy atom. The summed E-state index contributed by atoms with van der Waals surface area (Å²) in [5, 5.41) is 28.3. The number of carbonyl (C=O) groups is 1. The molecule has 0 radical (unpaired) electrons. The normalized spacial score (nSPS) is 31.4. The summed E-state index contributed by atoms with van der Waals surface area (Å²) in [6.45, 7) is 1.80. The van der Waals surface area contributed by atoms with Gasteiger partial charge in [-0.15, -0.1) is 0 Å². The van der Waals surface area contributed by atoms with Crippen LogP contribution < -0.4 is 0 Å². The van der Waals surface area contributed by atoms with E-state index in [2.05, 4.69) is 0 Å². The molecule has 0 aromatic rings. The summed E-state index contributed by atoms with van der Waals surface area (Å²) < 4.78 is 4.98. The van der Waals surface area contributed by atoms with E-state index in [1.54, 1.807) is 6.92 Å². The van der Waals surface area contributed by atoms with Gasteiger partial charge >= 0.3 is 5.97 Å². The van der Waals surface area contributed by atoms with Gasteiger partial charge in [-0.2, -0.15) is 15.8 Å². The Hall–Kier alpha value is -2.06. The number of esters is 1. The quantitative estimate of drug-likeness (QED) is 0.733. The van der Waals surface area contributed by atoms with E-state index in [9.17, 15) is 20.6 Å². The number of rotatable bonds is 3. The van der Waals surface area contributed by atoms with Gasteiger partial charge in [0.15, 0.2) is 10.8 Å². The Labute approximate surface area is 118 Å². The second-order valence-electron chi connectivity index (χ2n) is 5.55. The lowest BCUT2D eigenvalue weighted by Crippen LogP contribution is -2.25. The SMILES string of the molecule is CCOC(=O)[C@]1(C#N)[C@@H](C2CCCCC2)C1(C#N)C#N. The predicted molar refractivity (Wildman–Crippen MR) is 68.4 cm³/mol. The van der Waals surface area contributed by atoms with Gasteiger partial charge in [-0.05, 0) is 12.8 Å². The molecule has 2 atom stereocenters. The van der Waals surface area contributed by atoms with Crippen molar-refractivity contribution in [3.8, 4) is 18.2 Å². The van der Waals surface area contributed by atoms with Crippen LogP contribution in [-0.2, 0) is 9.53 Å². The van der Waals surface area contributed by atoms with Crippen LogP contribution in [0.4, 0.5) is 0 Å². The molecule has 0 aliphatic heterocycles. The number of ether oxygens (including phenoxy) is 1. The van der Waals surface area contributed by atoms with Gasteiger partial charge < -0.3 is 4.74 Å². The van der Waals surface area contributed by atoms with Crippen molar-refractivity contribution in [2.24, 2.45) is 22.7 Å². The van der Waals surface area contributed by atoms with E-state index in [0.29, 0.717) is 0 Å². The Kier molecular flexibility index (Phi) is 3.69. The molecule has 0 aromatic carbocycles. The van der Waals surface area contributed by atoms with Gasteiger partial charge in [0.05, 0.1) is 24.8 Å². The molecule has 5 nitrogen and oxygen atoms in total. The molecule has 2 saturated carbocycles. The Morgan fingerprint density at radius 3 is 2.20 bits per heavy atom. The number of hydrogen-bond donors (Lipinski definition) is 0. The first-order valence-electron chi connectivity index (χ1n) is 7.05. The first kappa shape index (κ1) is 14.4. The molecule has 0 amide bonds. The molecular formula is C15H17N3O2. The highest BCUT2D eigenvalue weighted by Gasteiger charge is 2.86. The molecule has 2 aliphatic rings. The first-order chi connectivity index (χ1) is 9.64. The molecule has 0 spiro atoms. The Morgan fingerprint density at radius 2 is 1.75 bits per heavy atom. The molecule has 2 fully saturated rings. The second-order valence-corrected chi connectivity index (χ2v) is 5.55. The summed E-state index contributed by atoms with van der Waals surface area (Å²) in [6.07, 6.45) is 4.93. The van der Waals surface area contributed by atoms with Crippen LogP contribution in [0.1, 0.15) is 39.0 Å². The smallest absolute Gasteiger partial charge is 0.329 e. The Balaban J connectivity index is 2.39. The van der Waals surface area contributed by atoms with Crippen molar-refractivity contribution in [3.63, 3.8) is 0 Å². The van der Waals surface area contributed by atoms with Crippen LogP contribution in [0.5, 0.6) is 0 Å². The molecule has 5 heteroatoms. The van der Waals surface area contributed by atoms with Crippen molar-refractivity contribution in [3.05, 3.63) is 0 Å². The first-order valence-corrected chi connectivity index (χ1v) is 7.05. The van der Waals surface area contributed by atoms with Gasteiger partial charge in [-0.3, -0.25) is 4.79 Å². The van der Waals surface area contributed by atoms with Crippen LogP contribution in [-0.4, -0.2) is 12.6 Å². The van der Waals surface area contributed by atoms with Crippen LogP contribution in [0.25, 0.3) is 0 Å². The summed E-state index contributed by atoms with van der Waals surface area (Å²) in [7, 11) is 0. The fraction of sp³-hybridized carbons (Fsp3) is 0.733.